The van der Waals surface area contributed by atoms with Crippen molar-refractivity contribution < 1.29 is 18.3 Å². The number of aryl methyl sites for hydroxylation is 1. The molecule has 0 aliphatic rings. The summed E-state index contributed by atoms with van der Waals surface area (Å²) < 4.78 is 24.9. The monoisotopic (exact) mass is 324 g/mol. The number of hydrogen-bond donors (Lipinski definition) is 1. The van der Waals surface area contributed by atoms with Crippen molar-refractivity contribution >= 4 is 27.4 Å². The quantitative estimate of drug-likeness (QED) is 0.936. The SMILES string of the molecule is Cc1cccc(CS(=O)(=O)c2cc(C(=O)O)ccc2Cl)c1. The van der Waals surface area contributed by atoms with Crippen molar-refractivity contribution in [3.05, 3.63) is 64.2 Å². The molecule has 0 radical (unpaired) electrons. The highest BCUT2D eigenvalue weighted by Gasteiger charge is 2.20. The van der Waals surface area contributed by atoms with Crippen LogP contribution in [0.3, 0.4) is 0 Å². The minimum atomic E-state index is -3.71. The van der Waals surface area contributed by atoms with Crippen LogP contribution in [0.1, 0.15) is 21.5 Å². The number of carboxylic acids is 1. The Balaban J connectivity index is 2.44. The third-order valence-corrected chi connectivity index (χ3v) is 5.12. The molecule has 2 rings (SSSR count). The van der Waals surface area contributed by atoms with Gasteiger partial charge in [0.2, 0.25) is 0 Å². The van der Waals surface area contributed by atoms with Crippen LogP contribution in [0.4, 0.5) is 0 Å². The lowest BCUT2D eigenvalue weighted by atomic mass is 10.2. The van der Waals surface area contributed by atoms with E-state index in [1.807, 2.05) is 13.0 Å². The fraction of sp³-hybridized carbons (Fsp3) is 0.133. The zero-order chi connectivity index (χ0) is 15.6. The third-order valence-electron chi connectivity index (χ3n) is 2.95. The number of rotatable bonds is 4. The number of aromatic carboxylic acids is 1. The Hall–Kier alpha value is -1.85. The van der Waals surface area contributed by atoms with Gasteiger partial charge in [0.1, 0.15) is 0 Å². The Labute approximate surface area is 127 Å². The lowest BCUT2D eigenvalue weighted by Crippen LogP contribution is -2.08. The number of carbonyl (C=O) groups is 1. The van der Waals surface area contributed by atoms with Gasteiger partial charge < -0.3 is 5.11 Å². The highest BCUT2D eigenvalue weighted by Crippen LogP contribution is 2.26. The van der Waals surface area contributed by atoms with Crippen LogP contribution < -0.4 is 0 Å². The van der Waals surface area contributed by atoms with Crippen molar-refractivity contribution in [3.63, 3.8) is 0 Å². The van der Waals surface area contributed by atoms with E-state index in [9.17, 15) is 13.2 Å². The molecule has 0 spiro atoms. The maximum atomic E-state index is 12.4. The number of sulfone groups is 1. The molecule has 0 atom stereocenters. The summed E-state index contributed by atoms with van der Waals surface area (Å²) in [4.78, 5) is 10.8. The van der Waals surface area contributed by atoms with Crippen LogP contribution in [-0.2, 0) is 15.6 Å². The van der Waals surface area contributed by atoms with Crippen LogP contribution in [0.15, 0.2) is 47.4 Å². The molecular weight excluding hydrogens is 312 g/mol. The van der Waals surface area contributed by atoms with Gasteiger partial charge in [-0.3, -0.25) is 0 Å². The zero-order valence-electron chi connectivity index (χ0n) is 11.2. The van der Waals surface area contributed by atoms with E-state index in [-0.39, 0.29) is 21.2 Å². The van der Waals surface area contributed by atoms with Gasteiger partial charge in [-0.1, -0.05) is 41.4 Å². The molecule has 0 bridgehead atoms. The summed E-state index contributed by atoms with van der Waals surface area (Å²) in [6.45, 7) is 1.87. The summed E-state index contributed by atoms with van der Waals surface area (Å²) in [5.74, 6) is -1.42. The summed E-state index contributed by atoms with van der Waals surface area (Å²) in [6.07, 6.45) is 0. The van der Waals surface area contributed by atoms with Crippen LogP contribution in [0.2, 0.25) is 5.02 Å². The normalized spacial score (nSPS) is 11.3. The van der Waals surface area contributed by atoms with Crippen molar-refractivity contribution in [1.82, 2.24) is 0 Å². The molecule has 0 aromatic heterocycles. The fourth-order valence-electron chi connectivity index (χ4n) is 1.97. The number of hydrogen-bond acceptors (Lipinski definition) is 3. The van der Waals surface area contributed by atoms with E-state index < -0.39 is 15.8 Å². The first kappa shape index (κ1) is 15.5. The average molecular weight is 325 g/mol. The van der Waals surface area contributed by atoms with Crippen molar-refractivity contribution in [2.75, 3.05) is 0 Å². The molecule has 0 saturated carbocycles. The minimum Gasteiger partial charge on any atom is -0.478 e. The second-order valence-corrected chi connectivity index (χ2v) is 7.06. The summed E-state index contributed by atoms with van der Waals surface area (Å²) >= 11 is 5.91. The smallest absolute Gasteiger partial charge is 0.335 e. The molecule has 110 valence electrons. The van der Waals surface area contributed by atoms with Crippen LogP contribution in [0, 0.1) is 6.92 Å². The number of halogens is 1. The maximum absolute atomic E-state index is 12.4. The van der Waals surface area contributed by atoms with Gasteiger partial charge in [-0.25, -0.2) is 13.2 Å². The van der Waals surface area contributed by atoms with Gasteiger partial charge in [0.15, 0.2) is 9.84 Å². The van der Waals surface area contributed by atoms with E-state index in [4.69, 9.17) is 16.7 Å². The van der Waals surface area contributed by atoms with Crippen LogP contribution >= 0.6 is 11.6 Å². The van der Waals surface area contributed by atoms with E-state index in [1.54, 1.807) is 18.2 Å². The second-order valence-electron chi connectivity index (χ2n) is 4.70. The van der Waals surface area contributed by atoms with Crippen LogP contribution in [0.5, 0.6) is 0 Å². The van der Waals surface area contributed by atoms with Crippen molar-refractivity contribution in [2.24, 2.45) is 0 Å². The molecule has 21 heavy (non-hydrogen) atoms. The van der Waals surface area contributed by atoms with Crippen molar-refractivity contribution in [1.29, 1.82) is 0 Å². The third kappa shape index (κ3) is 3.62. The van der Waals surface area contributed by atoms with Gasteiger partial charge in [-0.05, 0) is 30.7 Å². The van der Waals surface area contributed by atoms with Gasteiger partial charge in [-0.2, -0.15) is 0 Å². The largest absolute Gasteiger partial charge is 0.478 e. The Morgan fingerprint density at radius 1 is 1.19 bits per heavy atom. The molecule has 0 aliphatic heterocycles. The van der Waals surface area contributed by atoms with Gasteiger partial charge >= 0.3 is 5.97 Å². The number of carboxylic acid groups (broad SMARTS) is 1. The van der Waals surface area contributed by atoms with E-state index in [0.717, 1.165) is 11.6 Å². The predicted molar refractivity (Wildman–Crippen MR) is 80.5 cm³/mol. The van der Waals surface area contributed by atoms with Crippen molar-refractivity contribution in [2.45, 2.75) is 17.6 Å². The Morgan fingerprint density at radius 3 is 2.52 bits per heavy atom. The fourth-order valence-corrected chi connectivity index (χ4v) is 3.89. The van der Waals surface area contributed by atoms with E-state index in [1.165, 1.54) is 12.1 Å². The van der Waals surface area contributed by atoms with E-state index in [0.29, 0.717) is 5.56 Å². The maximum Gasteiger partial charge on any atom is 0.335 e. The molecule has 0 saturated heterocycles. The summed E-state index contributed by atoms with van der Waals surface area (Å²) in [6, 6.07) is 10.8. The highest BCUT2D eigenvalue weighted by molar-refractivity contribution is 7.90. The first-order valence-electron chi connectivity index (χ1n) is 6.11. The molecule has 6 heteroatoms. The lowest BCUT2D eigenvalue weighted by molar-refractivity contribution is 0.0696. The molecule has 0 amide bonds. The molecule has 2 aromatic carbocycles. The van der Waals surface area contributed by atoms with Gasteiger partial charge in [-0.15, -0.1) is 0 Å². The van der Waals surface area contributed by atoms with Gasteiger partial charge in [0, 0.05) is 0 Å². The topological polar surface area (TPSA) is 71.4 Å². The second kappa shape index (κ2) is 5.87. The first-order chi connectivity index (χ1) is 9.79. The van der Waals surface area contributed by atoms with E-state index in [2.05, 4.69) is 0 Å². The molecule has 1 N–H and O–H groups in total. The van der Waals surface area contributed by atoms with Crippen LogP contribution in [-0.4, -0.2) is 19.5 Å². The summed E-state index contributed by atoms with van der Waals surface area (Å²) in [5, 5.41) is 8.98. The standard InChI is InChI=1S/C15H13ClO4S/c1-10-3-2-4-11(7-10)9-21(19,20)14-8-12(15(17)18)5-6-13(14)16/h2-8H,9H2,1H3,(H,17,18). The lowest BCUT2D eigenvalue weighted by Gasteiger charge is -2.08. The molecule has 0 unspecified atom stereocenters. The summed E-state index contributed by atoms with van der Waals surface area (Å²) in [7, 11) is -3.71. The molecule has 0 fully saturated rings. The molecular formula is C15H13ClO4S. The highest BCUT2D eigenvalue weighted by atomic mass is 35.5. The average Bonchev–Trinajstić information content (AvgIpc) is 2.38. The van der Waals surface area contributed by atoms with E-state index >= 15 is 0 Å². The first-order valence-corrected chi connectivity index (χ1v) is 8.14. The number of benzene rings is 2. The molecule has 2 aromatic rings. The Bertz CT molecular complexity index is 797. The summed E-state index contributed by atoms with van der Waals surface area (Å²) in [5.41, 5.74) is 1.47. The van der Waals surface area contributed by atoms with Gasteiger partial charge in [0.25, 0.3) is 0 Å². The van der Waals surface area contributed by atoms with Gasteiger partial charge in [0.05, 0.1) is 21.2 Å². The Kier molecular flexibility index (Phi) is 4.34. The predicted octanol–water partition coefficient (Wildman–Crippen LogP) is 3.32. The Morgan fingerprint density at radius 2 is 1.90 bits per heavy atom. The molecule has 0 aliphatic carbocycles. The van der Waals surface area contributed by atoms with Crippen molar-refractivity contribution in [3.8, 4) is 0 Å². The molecule has 0 heterocycles. The minimum absolute atomic E-state index is 0.0210. The zero-order valence-corrected chi connectivity index (χ0v) is 12.8. The van der Waals surface area contributed by atoms with Crippen LogP contribution in [0.25, 0.3) is 0 Å². The molecule has 4 nitrogen and oxygen atoms in total.